The van der Waals surface area contributed by atoms with E-state index >= 15 is 0 Å². The van der Waals surface area contributed by atoms with E-state index in [4.69, 9.17) is 5.26 Å². The van der Waals surface area contributed by atoms with Crippen LogP contribution in [0.3, 0.4) is 0 Å². The summed E-state index contributed by atoms with van der Waals surface area (Å²) in [7, 11) is 0. The van der Waals surface area contributed by atoms with E-state index in [1.54, 1.807) is 6.07 Å². The van der Waals surface area contributed by atoms with E-state index in [2.05, 4.69) is 10.6 Å². The second kappa shape index (κ2) is 7.11. The minimum atomic E-state index is -0.855. The van der Waals surface area contributed by atoms with E-state index in [1.165, 1.54) is 6.92 Å². The van der Waals surface area contributed by atoms with E-state index in [0.717, 1.165) is 18.4 Å². The van der Waals surface area contributed by atoms with Gasteiger partial charge in [0.05, 0.1) is 6.07 Å². The highest BCUT2D eigenvalue weighted by Gasteiger charge is 2.16. The number of hydrogen-bond acceptors (Lipinski definition) is 4. The zero-order valence-electron chi connectivity index (χ0n) is 10.7. The maximum atomic E-state index is 11.4. The number of carbonyl (C=O) groups excluding carboxylic acids is 3. The summed E-state index contributed by atoms with van der Waals surface area (Å²) in [6.07, 6.45) is 5.32. The van der Waals surface area contributed by atoms with Gasteiger partial charge in [-0.25, -0.2) is 0 Å². The van der Waals surface area contributed by atoms with Crippen LogP contribution in [0.2, 0.25) is 0 Å². The number of nitriles is 1. The largest absolute Gasteiger partial charge is 0.344 e. The van der Waals surface area contributed by atoms with E-state index in [9.17, 15) is 14.4 Å². The lowest BCUT2D eigenvalue weighted by atomic mass is 9.95. The number of amides is 2. The number of allylic oxidation sites excluding steroid dienone is 2. The predicted octanol–water partition coefficient (Wildman–Crippen LogP) is -0.0220. The normalized spacial score (nSPS) is 13.7. The molecule has 0 aromatic heterocycles. The highest BCUT2D eigenvalue weighted by atomic mass is 16.2. The Bertz CT molecular complexity index is 498. The number of nitrogens with one attached hydrogen (secondary N) is 2. The van der Waals surface area contributed by atoms with E-state index in [0.29, 0.717) is 5.57 Å². The summed E-state index contributed by atoms with van der Waals surface area (Å²) in [5.41, 5.74) is 1.31. The van der Waals surface area contributed by atoms with Crippen molar-refractivity contribution in [3.8, 4) is 6.07 Å². The molecule has 6 heteroatoms. The molecule has 0 fully saturated rings. The molecule has 0 aromatic carbocycles. The maximum absolute atomic E-state index is 11.4. The SMILES string of the molecule is CC(=O)C1=CCCC=C1CNC(=O)C(=O)NCC#N. The van der Waals surface area contributed by atoms with Gasteiger partial charge in [-0.15, -0.1) is 0 Å². The molecule has 6 nitrogen and oxygen atoms in total. The van der Waals surface area contributed by atoms with Crippen molar-refractivity contribution in [1.82, 2.24) is 10.6 Å². The molecule has 0 atom stereocenters. The monoisotopic (exact) mass is 261 g/mol. The van der Waals surface area contributed by atoms with Crippen molar-refractivity contribution < 1.29 is 14.4 Å². The van der Waals surface area contributed by atoms with Crippen LogP contribution in [0.15, 0.2) is 23.3 Å². The Morgan fingerprint density at radius 3 is 2.47 bits per heavy atom. The molecule has 0 saturated carbocycles. The van der Waals surface area contributed by atoms with Crippen molar-refractivity contribution in [2.24, 2.45) is 0 Å². The third kappa shape index (κ3) is 4.39. The van der Waals surface area contributed by atoms with E-state index in [-0.39, 0.29) is 18.9 Å². The van der Waals surface area contributed by atoms with Gasteiger partial charge in [-0.05, 0) is 25.3 Å². The number of carbonyl (C=O) groups is 3. The molecule has 100 valence electrons. The summed E-state index contributed by atoms with van der Waals surface area (Å²) >= 11 is 0. The van der Waals surface area contributed by atoms with Gasteiger partial charge in [-0.3, -0.25) is 14.4 Å². The lowest BCUT2D eigenvalue weighted by molar-refractivity contribution is -0.138. The van der Waals surface area contributed by atoms with Crippen molar-refractivity contribution in [3.05, 3.63) is 23.3 Å². The van der Waals surface area contributed by atoms with E-state index in [1.807, 2.05) is 12.2 Å². The van der Waals surface area contributed by atoms with Gasteiger partial charge < -0.3 is 10.6 Å². The number of nitrogens with zero attached hydrogens (tertiary/aromatic N) is 1. The van der Waals surface area contributed by atoms with Crippen molar-refractivity contribution in [1.29, 1.82) is 5.26 Å². The van der Waals surface area contributed by atoms with Crippen LogP contribution in [0, 0.1) is 11.3 Å². The minimum absolute atomic E-state index is 0.0610. The molecule has 0 unspecified atom stereocenters. The molecule has 0 heterocycles. The fourth-order valence-corrected chi connectivity index (χ4v) is 1.72. The van der Waals surface area contributed by atoms with Crippen LogP contribution in [0.4, 0.5) is 0 Å². The maximum Gasteiger partial charge on any atom is 0.310 e. The number of Topliss-reactive ketones (excluding diaryl/α,β-unsaturated/α-hetero) is 1. The van der Waals surface area contributed by atoms with Crippen molar-refractivity contribution in [2.75, 3.05) is 13.1 Å². The van der Waals surface area contributed by atoms with Gasteiger partial charge in [0.25, 0.3) is 0 Å². The molecule has 2 N–H and O–H groups in total. The molecule has 1 aliphatic rings. The zero-order chi connectivity index (χ0) is 14.3. The van der Waals surface area contributed by atoms with Gasteiger partial charge in [0, 0.05) is 12.1 Å². The Kier molecular flexibility index (Phi) is 5.48. The summed E-state index contributed by atoms with van der Waals surface area (Å²) < 4.78 is 0. The van der Waals surface area contributed by atoms with Crippen LogP contribution in [-0.2, 0) is 14.4 Å². The first-order valence-corrected chi connectivity index (χ1v) is 5.89. The fourth-order valence-electron chi connectivity index (χ4n) is 1.72. The second-order valence-corrected chi connectivity index (χ2v) is 4.00. The average molecular weight is 261 g/mol. The quantitative estimate of drug-likeness (QED) is 0.548. The molecule has 0 spiro atoms. The summed E-state index contributed by atoms with van der Waals surface area (Å²) in [5.74, 6) is -1.73. The summed E-state index contributed by atoms with van der Waals surface area (Å²) in [5, 5.41) is 12.8. The van der Waals surface area contributed by atoms with Crippen LogP contribution in [0.25, 0.3) is 0 Å². The Balaban J connectivity index is 2.52. The van der Waals surface area contributed by atoms with Crippen LogP contribution < -0.4 is 10.6 Å². The third-order valence-corrected chi connectivity index (χ3v) is 2.60. The molecule has 0 aliphatic heterocycles. The average Bonchev–Trinajstić information content (AvgIpc) is 2.42. The summed E-state index contributed by atoms with van der Waals surface area (Å²) in [6.45, 7) is 1.38. The predicted molar refractivity (Wildman–Crippen MR) is 67.7 cm³/mol. The Labute approximate surface area is 111 Å². The van der Waals surface area contributed by atoms with Crippen molar-refractivity contribution in [2.45, 2.75) is 19.8 Å². The molecule has 1 aliphatic carbocycles. The smallest absolute Gasteiger partial charge is 0.310 e. The molecule has 0 aromatic rings. The zero-order valence-corrected chi connectivity index (χ0v) is 10.7. The van der Waals surface area contributed by atoms with Gasteiger partial charge in [0.15, 0.2) is 5.78 Å². The first kappa shape index (κ1) is 14.6. The van der Waals surface area contributed by atoms with Crippen LogP contribution in [0.1, 0.15) is 19.8 Å². The Hall–Kier alpha value is -2.42. The van der Waals surface area contributed by atoms with Gasteiger partial charge in [-0.2, -0.15) is 5.26 Å². The van der Waals surface area contributed by atoms with Gasteiger partial charge in [0.2, 0.25) is 0 Å². The molecule has 1 rings (SSSR count). The van der Waals surface area contributed by atoms with E-state index < -0.39 is 11.8 Å². The van der Waals surface area contributed by atoms with Crippen molar-refractivity contribution in [3.63, 3.8) is 0 Å². The number of ketones is 1. The standard InChI is InChI=1S/C13H15N3O3/c1-9(17)11-5-3-2-4-10(11)8-16-13(19)12(18)15-7-6-14/h4-5H,2-3,7-8H2,1H3,(H,15,18)(H,16,19). The lowest BCUT2D eigenvalue weighted by Gasteiger charge is -2.14. The highest BCUT2D eigenvalue weighted by molar-refractivity contribution is 6.35. The van der Waals surface area contributed by atoms with Crippen LogP contribution in [0.5, 0.6) is 0 Å². The van der Waals surface area contributed by atoms with Gasteiger partial charge in [-0.1, -0.05) is 12.2 Å². The van der Waals surface area contributed by atoms with Crippen molar-refractivity contribution >= 4 is 17.6 Å². The molecule has 2 amide bonds. The topological polar surface area (TPSA) is 99.1 Å². The second-order valence-electron chi connectivity index (χ2n) is 4.00. The lowest BCUT2D eigenvalue weighted by Crippen LogP contribution is -2.41. The van der Waals surface area contributed by atoms with Gasteiger partial charge in [0.1, 0.15) is 6.54 Å². The Morgan fingerprint density at radius 1 is 1.21 bits per heavy atom. The molecule has 19 heavy (non-hydrogen) atoms. The molecular formula is C13H15N3O3. The minimum Gasteiger partial charge on any atom is -0.344 e. The van der Waals surface area contributed by atoms with Gasteiger partial charge >= 0.3 is 11.8 Å². The number of hydrogen-bond donors (Lipinski definition) is 2. The molecule has 0 saturated heterocycles. The first-order chi connectivity index (χ1) is 9.06. The fraction of sp³-hybridized carbons (Fsp3) is 0.385. The summed E-state index contributed by atoms with van der Waals surface area (Å²) in [6, 6.07) is 1.70. The third-order valence-electron chi connectivity index (χ3n) is 2.60. The Morgan fingerprint density at radius 2 is 1.84 bits per heavy atom. The first-order valence-electron chi connectivity index (χ1n) is 5.89. The van der Waals surface area contributed by atoms with Crippen LogP contribution >= 0.6 is 0 Å². The number of rotatable bonds is 4. The van der Waals surface area contributed by atoms with Crippen LogP contribution in [-0.4, -0.2) is 30.7 Å². The molecule has 0 bridgehead atoms. The molecular weight excluding hydrogens is 246 g/mol. The highest BCUT2D eigenvalue weighted by Crippen LogP contribution is 2.18. The summed E-state index contributed by atoms with van der Waals surface area (Å²) in [4.78, 5) is 34.0. The molecule has 0 radical (unpaired) electrons.